The van der Waals surface area contributed by atoms with Gasteiger partial charge in [0.1, 0.15) is 0 Å². The second kappa shape index (κ2) is 8.33. The third kappa shape index (κ3) is 4.34. The zero-order chi connectivity index (χ0) is 18.7. The molecule has 26 heavy (non-hydrogen) atoms. The molecule has 0 radical (unpaired) electrons. The van der Waals surface area contributed by atoms with Crippen molar-refractivity contribution >= 4 is 47.6 Å². The molecule has 2 aromatic rings. The Morgan fingerprint density at radius 3 is 2.38 bits per heavy atom. The summed E-state index contributed by atoms with van der Waals surface area (Å²) in [4.78, 5) is 27.4. The Balaban J connectivity index is 1.58. The van der Waals surface area contributed by atoms with Gasteiger partial charge in [-0.05, 0) is 43.2 Å². The molecule has 7 heteroatoms. The molecule has 0 unspecified atom stereocenters. The second-order valence-electron chi connectivity index (χ2n) is 6.18. The normalized spacial score (nSPS) is 15.0. The SMILES string of the molecule is O=C(NC1CCN(C(=O)c2ccc(Cl)cc2Cl)CC1)c1ccccc1S. The first-order valence-electron chi connectivity index (χ1n) is 8.29. The van der Waals surface area contributed by atoms with E-state index in [2.05, 4.69) is 17.9 Å². The Labute approximate surface area is 167 Å². The summed E-state index contributed by atoms with van der Waals surface area (Å²) in [5.41, 5.74) is 1.00. The van der Waals surface area contributed by atoms with Gasteiger partial charge in [-0.2, -0.15) is 0 Å². The Hall–Kier alpha value is -1.69. The molecule has 0 aliphatic carbocycles. The zero-order valence-corrected chi connectivity index (χ0v) is 16.3. The number of rotatable bonds is 3. The van der Waals surface area contributed by atoms with Crippen molar-refractivity contribution in [3.63, 3.8) is 0 Å². The summed E-state index contributed by atoms with van der Waals surface area (Å²) < 4.78 is 0. The zero-order valence-electron chi connectivity index (χ0n) is 13.9. The van der Waals surface area contributed by atoms with Gasteiger partial charge in [0.25, 0.3) is 11.8 Å². The van der Waals surface area contributed by atoms with E-state index in [-0.39, 0.29) is 17.9 Å². The number of carbonyl (C=O) groups excluding carboxylic acids is 2. The van der Waals surface area contributed by atoms with Crippen LogP contribution in [0.5, 0.6) is 0 Å². The van der Waals surface area contributed by atoms with E-state index in [4.69, 9.17) is 23.2 Å². The van der Waals surface area contributed by atoms with Crippen LogP contribution >= 0.6 is 35.8 Å². The number of benzene rings is 2. The molecule has 2 amide bonds. The van der Waals surface area contributed by atoms with Gasteiger partial charge in [0.05, 0.1) is 16.1 Å². The highest BCUT2D eigenvalue weighted by molar-refractivity contribution is 7.80. The van der Waals surface area contributed by atoms with Gasteiger partial charge in [-0.25, -0.2) is 0 Å². The van der Waals surface area contributed by atoms with Crippen LogP contribution in [0.3, 0.4) is 0 Å². The monoisotopic (exact) mass is 408 g/mol. The van der Waals surface area contributed by atoms with E-state index < -0.39 is 0 Å². The molecule has 136 valence electrons. The minimum absolute atomic E-state index is 0.0279. The second-order valence-corrected chi connectivity index (χ2v) is 7.51. The van der Waals surface area contributed by atoms with Crippen LogP contribution < -0.4 is 5.32 Å². The first-order valence-corrected chi connectivity index (χ1v) is 9.49. The molecule has 0 aromatic heterocycles. The van der Waals surface area contributed by atoms with Gasteiger partial charge in [-0.3, -0.25) is 9.59 Å². The summed E-state index contributed by atoms with van der Waals surface area (Å²) in [6.07, 6.45) is 1.38. The number of halogens is 2. The van der Waals surface area contributed by atoms with Crippen LogP contribution in [0, 0.1) is 0 Å². The standard InChI is InChI=1S/C19H18Cl2N2O2S/c20-12-5-6-14(16(21)11-12)19(25)23-9-7-13(8-10-23)22-18(24)15-3-1-2-4-17(15)26/h1-6,11,13,26H,7-10H2,(H,22,24). The van der Waals surface area contributed by atoms with E-state index in [0.29, 0.717) is 52.0 Å². The van der Waals surface area contributed by atoms with Crippen molar-refractivity contribution in [2.45, 2.75) is 23.8 Å². The first-order chi connectivity index (χ1) is 12.5. The molecular weight excluding hydrogens is 391 g/mol. The third-order valence-corrected chi connectivity index (χ3v) is 5.37. The number of carbonyl (C=O) groups is 2. The third-order valence-electron chi connectivity index (χ3n) is 4.43. The van der Waals surface area contributed by atoms with Crippen LogP contribution in [0.4, 0.5) is 0 Å². The minimum atomic E-state index is -0.138. The highest BCUT2D eigenvalue weighted by Gasteiger charge is 2.26. The maximum Gasteiger partial charge on any atom is 0.255 e. The largest absolute Gasteiger partial charge is 0.349 e. The summed E-state index contributed by atoms with van der Waals surface area (Å²) in [7, 11) is 0. The lowest BCUT2D eigenvalue weighted by atomic mass is 10.0. The molecule has 0 saturated carbocycles. The van der Waals surface area contributed by atoms with Gasteiger partial charge in [-0.1, -0.05) is 35.3 Å². The van der Waals surface area contributed by atoms with Crippen LogP contribution in [-0.2, 0) is 0 Å². The van der Waals surface area contributed by atoms with E-state index in [1.165, 1.54) is 0 Å². The lowest BCUT2D eigenvalue weighted by Crippen LogP contribution is -2.46. The molecule has 0 atom stereocenters. The number of hydrogen-bond acceptors (Lipinski definition) is 3. The molecule has 4 nitrogen and oxygen atoms in total. The van der Waals surface area contributed by atoms with Gasteiger partial charge < -0.3 is 10.2 Å². The molecule has 1 aliphatic heterocycles. The van der Waals surface area contributed by atoms with Crippen LogP contribution in [0.15, 0.2) is 47.4 Å². The molecule has 0 spiro atoms. The van der Waals surface area contributed by atoms with E-state index in [9.17, 15) is 9.59 Å². The number of amides is 2. The van der Waals surface area contributed by atoms with Gasteiger partial charge in [0.2, 0.25) is 0 Å². The van der Waals surface area contributed by atoms with Crippen LogP contribution in [0.2, 0.25) is 10.0 Å². The van der Waals surface area contributed by atoms with Crippen molar-refractivity contribution in [3.8, 4) is 0 Å². The molecule has 0 bridgehead atoms. The van der Waals surface area contributed by atoms with Crippen molar-refractivity contribution in [3.05, 3.63) is 63.6 Å². The predicted octanol–water partition coefficient (Wildman–Crippen LogP) is 4.32. The Kier molecular flexibility index (Phi) is 6.12. The fraction of sp³-hybridized carbons (Fsp3) is 0.263. The lowest BCUT2D eigenvalue weighted by Gasteiger charge is -2.32. The molecule has 1 fully saturated rings. The van der Waals surface area contributed by atoms with Crippen molar-refractivity contribution in [1.29, 1.82) is 0 Å². The average Bonchev–Trinajstić information content (AvgIpc) is 2.62. The molecular formula is C19H18Cl2N2O2S. The Bertz CT molecular complexity index is 836. The van der Waals surface area contributed by atoms with E-state index in [1.807, 2.05) is 12.1 Å². The number of hydrogen-bond donors (Lipinski definition) is 2. The summed E-state index contributed by atoms with van der Waals surface area (Å²) >= 11 is 16.3. The van der Waals surface area contributed by atoms with E-state index in [1.54, 1.807) is 35.2 Å². The highest BCUT2D eigenvalue weighted by atomic mass is 35.5. The molecule has 1 heterocycles. The topological polar surface area (TPSA) is 49.4 Å². The maximum absolute atomic E-state index is 12.6. The van der Waals surface area contributed by atoms with Crippen molar-refractivity contribution in [1.82, 2.24) is 10.2 Å². The maximum atomic E-state index is 12.6. The van der Waals surface area contributed by atoms with Crippen molar-refractivity contribution < 1.29 is 9.59 Å². The van der Waals surface area contributed by atoms with Crippen LogP contribution in [0.25, 0.3) is 0 Å². The Morgan fingerprint density at radius 1 is 1.04 bits per heavy atom. The van der Waals surface area contributed by atoms with Gasteiger partial charge in [0.15, 0.2) is 0 Å². The summed E-state index contributed by atoms with van der Waals surface area (Å²) in [6.45, 7) is 1.12. The van der Waals surface area contributed by atoms with Crippen molar-refractivity contribution in [2.75, 3.05) is 13.1 Å². The number of likely N-dealkylation sites (tertiary alicyclic amines) is 1. The van der Waals surface area contributed by atoms with Crippen LogP contribution in [0.1, 0.15) is 33.6 Å². The number of nitrogens with zero attached hydrogens (tertiary/aromatic N) is 1. The predicted molar refractivity (Wildman–Crippen MR) is 107 cm³/mol. The fourth-order valence-corrected chi connectivity index (χ4v) is 3.74. The van der Waals surface area contributed by atoms with Crippen molar-refractivity contribution in [2.24, 2.45) is 0 Å². The molecule has 1 aliphatic rings. The van der Waals surface area contributed by atoms with E-state index in [0.717, 1.165) is 0 Å². The van der Waals surface area contributed by atoms with Gasteiger partial charge in [-0.15, -0.1) is 12.6 Å². The quantitative estimate of drug-likeness (QED) is 0.742. The molecule has 2 aromatic carbocycles. The Morgan fingerprint density at radius 2 is 1.73 bits per heavy atom. The van der Waals surface area contributed by atoms with Crippen LogP contribution in [-0.4, -0.2) is 35.8 Å². The fourth-order valence-electron chi connectivity index (χ4n) is 2.99. The first kappa shape index (κ1) is 19.1. The summed E-state index contributed by atoms with van der Waals surface area (Å²) in [5.74, 6) is -0.252. The average molecular weight is 409 g/mol. The van der Waals surface area contributed by atoms with Gasteiger partial charge in [0, 0.05) is 29.0 Å². The minimum Gasteiger partial charge on any atom is -0.349 e. The van der Waals surface area contributed by atoms with E-state index >= 15 is 0 Å². The summed E-state index contributed by atoms with van der Waals surface area (Å²) in [5, 5.41) is 3.87. The molecule has 1 saturated heterocycles. The lowest BCUT2D eigenvalue weighted by molar-refractivity contribution is 0.0698. The highest BCUT2D eigenvalue weighted by Crippen LogP contribution is 2.24. The molecule has 1 N–H and O–H groups in total. The smallest absolute Gasteiger partial charge is 0.255 e. The molecule has 3 rings (SSSR count). The van der Waals surface area contributed by atoms with Gasteiger partial charge >= 0.3 is 0 Å². The summed E-state index contributed by atoms with van der Waals surface area (Å²) in [6, 6.07) is 12.1. The number of thiol groups is 1. The number of piperidine rings is 1. The number of nitrogens with one attached hydrogen (secondary N) is 1.